The van der Waals surface area contributed by atoms with E-state index in [-0.39, 0.29) is 5.91 Å². The molecule has 0 saturated heterocycles. The van der Waals surface area contributed by atoms with Crippen LogP contribution in [0.3, 0.4) is 0 Å². The predicted octanol–water partition coefficient (Wildman–Crippen LogP) is 3.43. The Bertz CT molecular complexity index is 162. The number of hydrogen-bond acceptors (Lipinski definition) is 1. The molecule has 0 fully saturated rings. The zero-order valence-corrected chi connectivity index (χ0v) is 10.9. The zero-order valence-electron chi connectivity index (χ0n) is 10.1. The molecule has 0 heterocycles. The van der Waals surface area contributed by atoms with Crippen LogP contribution >= 0.6 is 11.6 Å². The van der Waals surface area contributed by atoms with E-state index in [4.69, 9.17) is 11.6 Å². The van der Waals surface area contributed by atoms with E-state index in [1.165, 1.54) is 0 Å². The Morgan fingerprint density at radius 3 is 2.27 bits per heavy atom. The highest BCUT2D eigenvalue weighted by molar-refractivity contribution is 6.18. The van der Waals surface area contributed by atoms with Crippen LogP contribution in [-0.2, 0) is 4.79 Å². The van der Waals surface area contributed by atoms with Crippen molar-refractivity contribution < 1.29 is 4.79 Å². The summed E-state index contributed by atoms with van der Waals surface area (Å²) in [5.41, 5.74) is 0. The minimum atomic E-state index is 0.276. The quantitative estimate of drug-likeness (QED) is 0.441. The van der Waals surface area contributed by atoms with E-state index in [1.54, 1.807) is 0 Å². The van der Waals surface area contributed by atoms with Gasteiger partial charge in [0.25, 0.3) is 0 Å². The first kappa shape index (κ1) is 14.8. The van der Waals surface area contributed by atoms with Crippen molar-refractivity contribution in [1.29, 1.82) is 0 Å². The number of unbranched alkanes of at least 4 members (excludes halogenated alkanes) is 3. The Balaban J connectivity index is 3.81. The molecular formula is C12H24ClNO. The molecule has 0 radical (unpaired) electrons. The van der Waals surface area contributed by atoms with Gasteiger partial charge in [-0.25, -0.2) is 0 Å². The first-order valence-corrected chi connectivity index (χ1v) is 6.63. The van der Waals surface area contributed by atoms with Gasteiger partial charge in [0.1, 0.15) is 0 Å². The van der Waals surface area contributed by atoms with Gasteiger partial charge in [-0.05, 0) is 12.8 Å². The number of carbonyl (C=O) groups excluding carboxylic acids is 1. The normalized spacial score (nSPS) is 10.3. The molecule has 0 aliphatic heterocycles. The van der Waals surface area contributed by atoms with Gasteiger partial charge in [0.15, 0.2) is 0 Å². The van der Waals surface area contributed by atoms with Gasteiger partial charge in [-0.3, -0.25) is 4.79 Å². The summed E-state index contributed by atoms with van der Waals surface area (Å²) in [6, 6.07) is 0. The van der Waals surface area contributed by atoms with E-state index in [2.05, 4.69) is 13.8 Å². The average molecular weight is 234 g/mol. The second-order valence-electron chi connectivity index (χ2n) is 3.88. The van der Waals surface area contributed by atoms with Crippen molar-refractivity contribution in [2.45, 2.75) is 52.4 Å². The van der Waals surface area contributed by atoms with Crippen molar-refractivity contribution in [1.82, 2.24) is 4.90 Å². The summed E-state index contributed by atoms with van der Waals surface area (Å²) in [4.78, 5) is 13.7. The highest BCUT2D eigenvalue weighted by Crippen LogP contribution is 2.05. The van der Waals surface area contributed by atoms with Crippen LogP contribution in [0.2, 0.25) is 0 Å². The molecule has 15 heavy (non-hydrogen) atoms. The summed E-state index contributed by atoms with van der Waals surface area (Å²) in [5.74, 6) is 0.820. The Morgan fingerprint density at radius 1 is 1.07 bits per heavy atom. The maximum Gasteiger partial charge on any atom is 0.222 e. The van der Waals surface area contributed by atoms with Crippen molar-refractivity contribution in [3.8, 4) is 0 Å². The number of carbonyl (C=O) groups is 1. The average Bonchev–Trinajstić information content (AvgIpc) is 2.24. The summed E-state index contributed by atoms with van der Waals surface area (Å²) in [6.45, 7) is 5.86. The summed E-state index contributed by atoms with van der Waals surface area (Å²) >= 11 is 5.69. The van der Waals surface area contributed by atoms with Gasteiger partial charge >= 0.3 is 0 Å². The van der Waals surface area contributed by atoms with Crippen LogP contribution < -0.4 is 0 Å². The van der Waals surface area contributed by atoms with Crippen LogP contribution in [0.25, 0.3) is 0 Å². The van der Waals surface area contributed by atoms with Gasteiger partial charge < -0.3 is 4.90 Å². The van der Waals surface area contributed by atoms with Crippen LogP contribution in [0.4, 0.5) is 0 Å². The van der Waals surface area contributed by atoms with E-state index in [9.17, 15) is 4.79 Å². The van der Waals surface area contributed by atoms with Gasteiger partial charge in [0.05, 0.1) is 0 Å². The lowest BCUT2D eigenvalue weighted by molar-refractivity contribution is -0.131. The summed E-state index contributed by atoms with van der Waals surface area (Å²) in [5, 5.41) is 0. The molecule has 0 aliphatic carbocycles. The summed E-state index contributed by atoms with van der Waals surface area (Å²) < 4.78 is 0. The predicted molar refractivity (Wildman–Crippen MR) is 66.4 cm³/mol. The van der Waals surface area contributed by atoms with Crippen molar-refractivity contribution >= 4 is 17.5 Å². The van der Waals surface area contributed by atoms with Crippen molar-refractivity contribution in [3.05, 3.63) is 0 Å². The fourth-order valence-electron chi connectivity index (χ4n) is 1.50. The third kappa shape index (κ3) is 7.66. The van der Waals surface area contributed by atoms with Crippen LogP contribution in [0.5, 0.6) is 0 Å². The van der Waals surface area contributed by atoms with Crippen LogP contribution in [0.15, 0.2) is 0 Å². The maximum absolute atomic E-state index is 11.8. The lowest BCUT2D eigenvalue weighted by Gasteiger charge is -2.21. The monoisotopic (exact) mass is 233 g/mol. The smallest absolute Gasteiger partial charge is 0.222 e. The second-order valence-corrected chi connectivity index (χ2v) is 4.26. The van der Waals surface area contributed by atoms with Gasteiger partial charge in [0.2, 0.25) is 5.91 Å². The molecule has 0 aromatic rings. The minimum absolute atomic E-state index is 0.276. The van der Waals surface area contributed by atoms with E-state index >= 15 is 0 Å². The topological polar surface area (TPSA) is 20.3 Å². The molecule has 90 valence electrons. The van der Waals surface area contributed by atoms with Crippen LogP contribution in [-0.4, -0.2) is 29.8 Å². The van der Waals surface area contributed by atoms with Crippen molar-refractivity contribution in [2.24, 2.45) is 0 Å². The van der Waals surface area contributed by atoms with Gasteiger partial charge in [0, 0.05) is 25.4 Å². The largest absolute Gasteiger partial charge is 0.342 e. The fourth-order valence-corrected chi connectivity index (χ4v) is 1.70. The van der Waals surface area contributed by atoms with Crippen LogP contribution in [0, 0.1) is 0 Å². The third-order valence-corrected chi connectivity index (χ3v) is 2.65. The molecule has 3 heteroatoms. The number of halogens is 1. The highest BCUT2D eigenvalue weighted by Gasteiger charge is 2.11. The lowest BCUT2D eigenvalue weighted by Crippen LogP contribution is -2.33. The van der Waals surface area contributed by atoms with E-state index < -0.39 is 0 Å². The Morgan fingerprint density at radius 2 is 1.73 bits per heavy atom. The van der Waals surface area contributed by atoms with E-state index in [1.807, 2.05) is 4.90 Å². The molecule has 0 aromatic carbocycles. The maximum atomic E-state index is 11.8. The highest BCUT2D eigenvalue weighted by atomic mass is 35.5. The van der Waals surface area contributed by atoms with Gasteiger partial charge in [-0.15, -0.1) is 11.6 Å². The molecule has 0 rings (SSSR count). The molecular weight excluding hydrogens is 210 g/mol. The number of amides is 1. The zero-order chi connectivity index (χ0) is 11.5. The number of rotatable bonds is 9. The molecule has 0 spiro atoms. The molecule has 0 N–H and O–H groups in total. The summed E-state index contributed by atoms with van der Waals surface area (Å²) in [6.07, 6.45) is 6.22. The summed E-state index contributed by atoms with van der Waals surface area (Å²) in [7, 11) is 0. The van der Waals surface area contributed by atoms with Gasteiger partial charge in [-0.1, -0.05) is 33.1 Å². The third-order valence-electron chi connectivity index (χ3n) is 2.48. The first-order chi connectivity index (χ1) is 7.26. The Kier molecular flexibility index (Phi) is 10.1. The molecule has 0 aliphatic rings. The van der Waals surface area contributed by atoms with E-state index in [0.717, 1.165) is 38.6 Å². The van der Waals surface area contributed by atoms with E-state index in [0.29, 0.717) is 18.8 Å². The molecule has 0 unspecified atom stereocenters. The number of hydrogen-bond donors (Lipinski definition) is 0. The van der Waals surface area contributed by atoms with Crippen LogP contribution in [0.1, 0.15) is 52.4 Å². The first-order valence-electron chi connectivity index (χ1n) is 6.10. The molecule has 0 atom stereocenters. The standard InChI is InChI=1S/C12H24ClNO/c1-3-5-7-8-12(15)14(11-9-13)10-6-4-2/h3-11H2,1-2H3. The molecule has 2 nitrogen and oxygen atoms in total. The lowest BCUT2D eigenvalue weighted by atomic mass is 10.2. The number of alkyl halides is 1. The van der Waals surface area contributed by atoms with Crippen molar-refractivity contribution in [2.75, 3.05) is 19.0 Å². The molecule has 0 saturated carbocycles. The Hall–Kier alpha value is -0.240. The number of nitrogens with zero attached hydrogens (tertiary/aromatic N) is 1. The fraction of sp³-hybridized carbons (Fsp3) is 0.917. The SMILES string of the molecule is CCCCCC(=O)N(CCCl)CCCC. The van der Waals surface area contributed by atoms with Gasteiger partial charge in [-0.2, -0.15) is 0 Å². The molecule has 0 bridgehead atoms. The Labute approximate surface area is 99.0 Å². The van der Waals surface area contributed by atoms with Crippen molar-refractivity contribution in [3.63, 3.8) is 0 Å². The minimum Gasteiger partial charge on any atom is -0.342 e. The molecule has 0 aromatic heterocycles. The molecule has 1 amide bonds. The second kappa shape index (κ2) is 10.3.